The Bertz CT molecular complexity index is 657. The summed E-state index contributed by atoms with van der Waals surface area (Å²) in [6.45, 7) is 3.54. The molecule has 2 N–H and O–H groups in total. The van der Waals surface area contributed by atoms with E-state index in [0.29, 0.717) is 0 Å². The molecule has 20 heavy (non-hydrogen) atoms. The smallest absolute Gasteiger partial charge is 0.160 e. The fourth-order valence-electron chi connectivity index (χ4n) is 3.16. The lowest BCUT2D eigenvalue weighted by atomic mass is 9.98. The maximum atomic E-state index is 5.70. The number of benzene rings is 1. The van der Waals surface area contributed by atoms with Crippen LogP contribution in [0, 0.1) is 5.92 Å². The van der Waals surface area contributed by atoms with Gasteiger partial charge in [-0.25, -0.2) is 0 Å². The molecule has 4 nitrogen and oxygen atoms in total. The molecule has 0 aliphatic carbocycles. The number of nitrogens with zero attached hydrogens (tertiary/aromatic N) is 2. The van der Waals surface area contributed by atoms with E-state index in [1.807, 2.05) is 30.3 Å². The first-order valence-corrected chi connectivity index (χ1v) is 7.03. The highest BCUT2D eigenvalue weighted by atomic mass is 16.5. The van der Waals surface area contributed by atoms with Crippen molar-refractivity contribution in [2.45, 2.75) is 6.42 Å². The molecular formula is C16H17N3O. The molecule has 0 saturated carbocycles. The van der Waals surface area contributed by atoms with E-state index in [0.717, 1.165) is 35.2 Å². The van der Waals surface area contributed by atoms with Crippen molar-refractivity contribution >= 4 is 11.8 Å². The van der Waals surface area contributed by atoms with Crippen LogP contribution in [-0.2, 0) is 0 Å². The Morgan fingerprint density at radius 1 is 1.30 bits per heavy atom. The highest BCUT2D eigenvalue weighted by molar-refractivity contribution is 5.64. The Morgan fingerprint density at radius 2 is 2.15 bits per heavy atom. The monoisotopic (exact) mass is 267 g/mol. The molecule has 2 bridgehead atoms. The second kappa shape index (κ2) is 4.49. The third-order valence-corrected chi connectivity index (χ3v) is 4.27. The van der Waals surface area contributed by atoms with Crippen molar-refractivity contribution in [3.8, 4) is 11.3 Å². The van der Waals surface area contributed by atoms with Gasteiger partial charge in [0.05, 0.1) is 0 Å². The van der Waals surface area contributed by atoms with Gasteiger partial charge in [0.25, 0.3) is 0 Å². The molecule has 2 unspecified atom stereocenters. The highest BCUT2D eigenvalue weighted by Crippen LogP contribution is 2.33. The summed E-state index contributed by atoms with van der Waals surface area (Å²) in [4.78, 5) is 2.49. The van der Waals surface area contributed by atoms with Crippen LogP contribution < -0.4 is 5.73 Å². The number of piperidine rings is 1. The van der Waals surface area contributed by atoms with E-state index in [9.17, 15) is 0 Å². The molecule has 3 heterocycles. The molecule has 2 atom stereocenters. The first-order valence-electron chi connectivity index (χ1n) is 7.03. The standard InChI is InChI=1S/C16H17N3O/c17-14-3-1-11(2-4-14)16-8-15(20-18-16)7-13-10-19-6-5-12(13)9-19/h1-4,7-8,12H,5-6,9-10,17H2/b13-7-. The molecule has 2 saturated heterocycles. The SMILES string of the molecule is Nc1ccc(-c2cc(/C=C3/CN4CCC3C4)on2)cc1. The number of fused-ring (bicyclic) bond motifs is 2. The molecule has 2 aliphatic heterocycles. The zero-order valence-corrected chi connectivity index (χ0v) is 11.2. The second-order valence-corrected chi connectivity index (χ2v) is 5.68. The zero-order chi connectivity index (χ0) is 13.5. The van der Waals surface area contributed by atoms with Crippen LogP contribution in [0.15, 0.2) is 40.4 Å². The second-order valence-electron chi connectivity index (χ2n) is 5.68. The predicted molar refractivity (Wildman–Crippen MR) is 78.9 cm³/mol. The normalized spacial score (nSPS) is 26.5. The minimum atomic E-state index is 0.722. The van der Waals surface area contributed by atoms with Crippen molar-refractivity contribution in [2.24, 2.45) is 5.92 Å². The van der Waals surface area contributed by atoms with Gasteiger partial charge in [-0.3, -0.25) is 4.90 Å². The van der Waals surface area contributed by atoms with E-state index in [1.54, 1.807) is 0 Å². The third kappa shape index (κ3) is 2.02. The Labute approximate surface area is 117 Å². The van der Waals surface area contributed by atoms with Gasteiger partial charge in [0.1, 0.15) is 5.69 Å². The van der Waals surface area contributed by atoms with Gasteiger partial charge in [0, 0.05) is 30.4 Å². The summed E-state index contributed by atoms with van der Waals surface area (Å²) in [6, 6.07) is 9.69. The van der Waals surface area contributed by atoms with Crippen LogP contribution in [0.3, 0.4) is 0 Å². The number of nitrogens with two attached hydrogens (primary N) is 1. The summed E-state index contributed by atoms with van der Waals surface area (Å²) in [5.41, 5.74) is 9.83. The molecular weight excluding hydrogens is 250 g/mol. The van der Waals surface area contributed by atoms with Crippen molar-refractivity contribution in [3.05, 3.63) is 41.7 Å². The Hall–Kier alpha value is -2.07. The molecule has 4 rings (SSSR count). The van der Waals surface area contributed by atoms with E-state index in [2.05, 4.69) is 16.1 Å². The van der Waals surface area contributed by atoms with Crippen LogP contribution in [0.2, 0.25) is 0 Å². The van der Waals surface area contributed by atoms with Crippen LogP contribution in [0.1, 0.15) is 12.2 Å². The average molecular weight is 267 g/mol. The molecule has 0 radical (unpaired) electrons. The molecule has 4 heteroatoms. The summed E-state index contributed by atoms with van der Waals surface area (Å²) < 4.78 is 5.44. The Kier molecular flexibility index (Phi) is 2.63. The maximum Gasteiger partial charge on any atom is 0.160 e. The van der Waals surface area contributed by atoms with E-state index in [4.69, 9.17) is 10.3 Å². The van der Waals surface area contributed by atoms with Crippen molar-refractivity contribution < 1.29 is 4.52 Å². The third-order valence-electron chi connectivity index (χ3n) is 4.27. The van der Waals surface area contributed by atoms with Gasteiger partial charge in [-0.2, -0.15) is 0 Å². The Morgan fingerprint density at radius 3 is 2.85 bits per heavy atom. The molecule has 2 aromatic rings. The number of rotatable bonds is 2. The summed E-state index contributed by atoms with van der Waals surface area (Å²) in [5, 5.41) is 4.15. The van der Waals surface area contributed by atoms with Crippen LogP contribution in [0.4, 0.5) is 5.69 Å². The molecule has 0 spiro atoms. The number of nitrogen functional groups attached to an aromatic ring is 1. The van der Waals surface area contributed by atoms with E-state index in [-0.39, 0.29) is 0 Å². The molecule has 2 aliphatic rings. The number of hydrogen-bond donors (Lipinski definition) is 1. The molecule has 0 amide bonds. The largest absolute Gasteiger partial charge is 0.399 e. The first kappa shape index (κ1) is 11.7. The van der Waals surface area contributed by atoms with Crippen molar-refractivity contribution in [1.82, 2.24) is 10.1 Å². The van der Waals surface area contributed by atoms with Crippen molar-refractivity contribution in [1.29, 1.82) is 0 Å². The summed E-state index contributed by atoms with van der Waals surface area (Å²) in [5.74, 6) is 1.57. The highest BCUT2D eigenvalue weighted by Gasteiger charge is 2.33. The van der Waals surface area contributed by atoms with Gasteiger partial charge in [0.15, 0.2) is 5.76 Å². The quantitative estimate of drug-likeness (QED) is 0.850. The molecule has 1 aromatic carbocycles. The van der Waals surface area contributed by atoms with Crippen LogP contribution in [-0.4, -0.2) is 29.7 Å². The molecule has 102 valence electrons. The van der Waals surface area contributed by atoms with E-state index >= 15 is 0 Å². The lowest BCUT2D eigenvalue weighted by Gasteiger charge is -2.13. The van der Waals surface area contributed by atoms with Gasteiger partial charge < -0.3 is 10.3 Å². The van der Waals surface area contributed by atoms with Gasteiger partial charge in [-0.15, -0.1) is 0 Å². The fraction of sp³-hybridized carbons (Fsp3) is 0.312. The maximum absolute atomic E-state index is 5.70. The average Bonchev–Trinajstić information content (AvgIpc) is 3.16. The minimum Gasteiger partial charge on any atom is -0.399 e. The summed E-state index contributed by atoms with van der Waals surface area (Å²) in [7, 11) is 0. The van der Waals surface area contributed by atoms with Crippen LogP contribution >= 0.6 is 0 Å². The Balaban J connectivity index is 1.59. The van der Waals surface area contributed by atoms with Gasteiger partial charge in [-0.1, -0.05) is 17.3 Å². The van der Waals surface area contributed by atoms with Gasteiger partial charge >= 0.3 is 0 Å². The van der Waals surface area contributed by atoms with Gasteiger partial charge in [0.2, 0.25) is 0 Å². The minimum absolute atomic E-state index is 0.722. The molecule has 1 aromatic heterocycles. The first-order chi connectivity index (χ1) is 9.78. The lowest BCUT2D eigenvalue weighted by Crippen LogP contribution is -2.17. The van der Waals surface area contributed by atoms with Crippen LogP contribution in [0.25, 0.3) is 17.3 Å². The predicted octanol–water partition coefficient (Wildman–Crippen LogP) is 2.64. The van der Waals surface area contributed by atoms with Gasteiger partial charge in [-0.05, 0) is 42.7 Å². The fourth-order valence-corrected chi connectivity index (χ4v) is 3.16. The van der Waals surface area contributed by atoms with Crippen LogP contribution in [0.5, 0.6) is 0 Å². The topological polar surface area (TPSA) is 55.3 Å². The number of anilines is 1. The van der Waals surface area contributed by atoms with E-state index in [1.165, 1.54) is 25.1 Å². The lowest BCUT2D eigenvalue weighted by molar-refractivity contribution is 0.391. The summed E-state index contributed by atoms with van der Waals surface area (Å²) >= 11 is 0. The summed E-state index contributed by atoms with van der Waals surface area (Å²) in [6.07, 6.45) is 3.45. The van der Waals surface area contributed by atoms with Crippen molar-refractivity contribution in [2.75, 3.05) is 25.4 Å². The van der Waals surface area contributed by atoms with Crippen molar-refractivity contribution in [3.63, 3.8) is 0 Å². The van der Waals surface area contributed by atoms with E-state index < -0.39 is 0 Å². The molecule has 2 fully saturated rings. The zero-order valence-electron chi connectivity index (χ0n) is 11.2. The number of aromatic nitrogens is 1. The number of hydrogen-bond acceptors (Lipinski definition) is 4.